The molecule has 0 bridgehead atoms. The molecule has 3 fully saturated rings. The predicted octanol–water partition coefficient (Wildman–Crippen LogP) is 4.26. The Kier molecular flexibility index (Phi) is 5.04. The molecule has 5 atom stereocenters. The van der Waals surface area contributed by atoms with Gasteiger partial charge in [0.05, 0.1) is 16.1 Å². The summed E-state index contributed by atoms with van der Waals surface area (Å²) in [7, 11) is -3.95. The molecule has 0 N–H and O–H groups in total. The molecule has 3 aliphatic rings. The van der Waals surface area contributed by atoms with Crippen LogP contribution in [0.4, 0.5) is 0 Å². The third-order valence-electron chi connectivity index (χ3n) is 6.70. The van der Waals surface area contributed by atoms with E-state index in [0.29, 0.717) is 11.2 Å². The molecule has 6 rings (SSSR count). The zero-order valence-electron chi connectivity index (χ0n) is 20.3. The Labute approximate surface area is 204 Å². The van der Waals surface area contributed by atoms with E-state index >= 15 is 0 Å². The molecule has 2 aromatic carbocycles. The van der Waals surface area contributed by atoms with Crippen LogP contribution in [0.5, 0.6) is 0 Å². The standard InChI is InChI=1S/C26H29NO7S/c1-15-10-12-17(13-11-15)35(28,29)27-18-9-7-6-8-16(18)14-19(27)20-21-22(32-25(2,3)31-21)23-24(30-20)34-26(4,5)33-23/h6-14,20-24H,1-5H3/t20-,21+,22+,23-,24-/m1/s1. The quantitative estimate of drug-likeness (QED) is 0.532. The zero-order valence-corrected chi connectivity index (χ0v) is 21.1. The lowest BCUT2D eigenvalue weighted by atomic mass is 9.97. The highest BCUT2D eigenvalue weighted by atomic mass is 32.2. The molecule has 0 spiro atoms. The minimum atomic E-state index is -3.95. The summed E-state index contributed by atoms with van der Waals surface area (Å²) in [5, 5.41) is 0.780. The number of hydrogen-bond acceptors (Lipinski definition) is 7. The molecule has 3 aliphatic heterocycles. The Morgan fingerprint density at radius 2 is 1.43 bits per heavy atom. The molecule has 1 aromatic heterocycles. The number of hydrogen-bond donors (Lipinski definition) is 0. The summed E-state index contributed by atoms with van der Waals surface area (Å²) in [6.45, 7) is 9.22. The molecule has 4 heterocycles. The number of rotatable bonds is 3. The van der Waals surface area contributed by atoms with Gasteiger partial charge < -0.3 is 23.7 Å². The van der Waals surface area contributed by atoms with Crippen molar-refractivity contribution < 1.29 is 32.1 Å². The average Bonchev–Trinajstić information content (AvgIpc) is 3.42. The molecule has 3 aromatic rings. The second-order valence-electron chi connectivity index (χ2n) is 10.3. The maximum Gasteiger partial charge on any atom is 0.268 e. The van der Waals surface area contributed by atoms with Gasteiger partial charge >= 0.3 is 0 Å². The number of aryl methyl sites for hydroxylation is 1. The lowest BCUT2D eigenvalue weighted by Crippen LogP contribution is -2.51. The minimum Gasteiger partial charge on any atom is -0.342 e. The van der Waals surface area contributed by atoms with Crippen molar-refractivity contribution in [2.75, 3.05) is 0 Å². The number of aromatic nitrogens is 1. The third kappa shape index (κ3) is 3.73. The Hall–Kier alpha value is -2.27. The molecule has 9 heteroatoms. The van der Waals surface area contributed by atoms with E-state index in [1.54, 1.807) is 30.3 Å². The van der Waals surface area contributed by atoms with Crippen LogP contribution in [0.15, 0.2) is 59.5 Å². The van der Waals surface area contributed by atoms with Crippen molar-refractivity contribution in [2.45, 2.75) is 81.8 Å². The first-order valence-electron chi connectivity index (χ1n) is 11.7. The van der Waals surface area contributed by atoms with Crippen LogP contribution in [0, 0.1) is 6.92 Å². The van der Waals surface area contributed by atoms with Gasteiger partial charge in [0.25, 0.3) is 10.0 Å². The molecule has 0 unspecified atom stereocenters. The van der Waals surface area contributed by atoms with E-state index in [1.165, 1.54) is 3.97 Å². The van der Waals surface area contributed by atoms with Gasteiger partial charge in [0.15, 0.2) is 17.9 Å². The van der Waals surface area contributed by atoms with Gasteiger partial charge in [-0.25, -0.2) is 12.4 Å². The molecule has 3 saturated heterocycles. The van der Waals surface area contributed by atoms with E-state index in [1.807, 2.05) is 58.9 Å². The summed E-state index contributed by atoms with van der Waals surface area (Å²) in [6, 6.07) is 16.1. The Balaban J connectivity index is 1.53. The monoisotopic (exact) mass is 499 g/mol. The topological polar surface area (TPSA) is 85.2 Å². The van der Waals surface area contributed by atoms with Gasteiger partial charge in [0.2, 0.25) is 0 Å². The Morgan fingerprint density at radius 3 is 2.17 bits per heavy atom. The summed E-state index contributed by atoms with van der Waals surface area (Å²) >= 11 is 0. The first-order chi connectivity index (χ1) is 16.5. The summed E-state index contributed by atoms with van der Waals surface area (Å²) in [6.07, 6.45) is -3.10. The van der Waals surface area contributed by atoms with Crippen molar-refractivity contribution in [2.24, 2.45) is 0 Å². The second kappa shape index (κ2) is 7.61. The fourth-order valence-corrected chi connectivity index (χ4v) is 6.83. The lowest BCUT2D eigenvalue weighted by molar-refractivity contribution is -0.237. The van der Waals surface area contributed by atoms with Crippen LogP contribution in [0.3, 0.4) is 0 Å². The van der Waals surface area contributed by atoms with E-state index < -0.39 is 52.3 Å². The highest BCUT2D eigenvalue weighted by molar-refractivity contribution is 7.90. The highest BCUT2D eigenvalue weighted by Crippen LogP contribution is 2.49. The van der Waals surface area contributed by atoms with Gasteiger partial charge in [0.1, 0.15) is 24.4 Å². The smallest absolute Gasteiger partial charge is 0.268 e. The van der Waals surface area contributed by atoms with Gasteiger partial charge in [0, 0.05) is 5.39 Å². The third-order valence-corrected chi connectivity index (χ3v) is 8.45. The summed E-state index contributed by atoms with van der Waals surface area (Å²) in [4.78, 5) is 0.196. The molecule has 8 nitrogen and oxygen atoms in total. The van der Waals surface area contributed by atoms with Crippen LogP contribution < -0.4 is 0 Å². The first kappa shape index (κ1) is 23.1. The number of ether oxygens (including phenoxy) is 5. The van der Waals surface area contributed by atoms with Gasteiger partial charge in [-0.15, -0.1) is 0 Å². The van der Waals surface area contributed by atoms with Gasteiger partial charge in [-0.2, -0.15) is 0 Å². The van der Waals surface area contributed by atoms with Gasteiger partial charge in [-0.1, -0.05) is 35.9 Å². The predicted molar refractivity (Wildman–Crippen MR) is 127 cm³/mol. The summed E-state index contributed by atoms with van der Waals surface area (Å²) in [5.41, 5.74) is 1.99. The van der Waals surface area contributed by atoms with Crippen molar-refractivity contribution in [3.63, 3.8) is 0 Å². The van der Waals surface area contributed by atoms with Crippen LogP contribution in [-0.2, 0) is 33.7 Å². The Bertz CT molecular complexity index is 1390. The normalized spacial score (nSPS) is 31.4. The molecule has 0 radical (unpaired) electrons. The van der Waals surface area contributed by atoms with Crippen molar-refractivity contribution in [3.8, 4) is 0 Å². The van der Waals surface area contributed by atoms with Crippen molar-refractivity contribution in [1.29, 1.82) is 0 Å². The van der Waals surface area contributed by atoms with E-state index in [9.17, 15) is 8.42 Å². The maximum absolute atomic E-state index is 14.0. The average molecular weight is 500 g/mol. The SMILES string of the molecule is Cc1ccc(S(=O)(=O)n2c([C@H]3O[C@@H]4OC(C)(C)O[C@@H]4[C@H]4OC(C)(C)O[C@H]43)cc3ccccc32)cc1. The number of fused-ring (bicyclic) bond motifs is 4. The molecule has 186 valence electrons. The maximum atomic E-state index is 14.0. The highest BCUT2D eigenvalue weighted by Gasteiger charge is 2.61. The van der Waals surface area contributed by atoms with E-state index in [2.05, 4.69) is 0 Å². The molecular formula is C26H29NO7S. The van der Waals surface area contributed by atoms with Gasteiger partial charge in [-0.05, 0) is 58.9 Å². The second-order valence-corrected chi connectivity index (χ2v) is 12.1. The van der Waals surface area contributed by atoms with Crippen LogP contribution in [0.1, 0.15) is 45.1 Å². The molecule has 0 amide bonds. The van der Waals surface area contributed by atoms with Crippen molar-refractivity contribution in [1.82, 2.24) is 3.97 Å². The molecular weight excluding hydrogens is 470 g/mol. The van der Waals surface area contributed by atoms with E-state index in [0.717, 1.165) is 10.9 Å². The lowest BCUT2D eigenvalue weighted by Gasteiger charge is -2.37. The van der Waals surface area contributed by atoms with E-state index in [-0.39, 0.29) is 4.90 Å². The van der Waals surface area contributed by atoms with E-state index in [4.69, 9.17) is 23.7 Å². The Morgan fingerprint density at radius 1 is 0.800 bits per heavy atom. The van der Waals surface area contributed by atoms with Crippen molar-refractivity contribution in [3.05, 3.63) is 65.9 Å². The fourth-order valence-electron chi connectivity index (χ4n) is 5.28. The van der Waals surface area contributed by atoms with Crippen molar-refractivity contribution >= 4 is 20.9 Å². The summed E-state index contributed by atoms with van der Waals surface area (Å²) in [5.74, 6) is -1.76. The largest absolute Gasteiger partial charge is 0.342 e. The number of benzene rings is 2. The fraction of sp³-hybridized carbons (Fsp3) is 0.462. The van der Waals surface area contributed by atoms with Gasteiger partial charge in [-0.3, -0.25) is 0 Å². The van der Waals surface area contributed by atoms with Crippen LogP contribution in [-0.4, -0.2) is 48.6 Å². The van der Waals surface area contributed by atoms with Crippen LogP contribution in [0.25, 0.3) is 10.9 Å². The number of para-hydroxylation sites is 1. The molecule has 0 aliphatic carbocycles. The van der Waals surface area contributed by atoms with Crippen LogP contribution >= 0.6 is 0 Å². The summed E-state index contributed by atoms with van der Waals surface area (Å²) < 4.78 is 60.5. The zero-order chi connectivity index (χ0) is 24.8. The minimum absolute atomic E-state index is 0.196. The molecule has 35 heavy (non-hydrogen) atoms. The number of nitrogens with zero attached hydrogens (tertiary/aromatic N) is 1. The first-order valence-corrected chi connectivity index (χ1v) is 13.2. The van der Waals surface area contributed by atoms with Crippen LogP contribution in [0.2, 0.25) is 0 Å². The molecule has 0 saturated carbocycles.